The Hall–Kier alpha value is -5.11. The lowest BCUT2D eigenvalue weighted by Gasteiger charge is -2.31. The molecule has 12 nitrogen and oxygen atoms in total. The van der Waals surface area contributed by atoms with Crippen molar-refractivity contribution in [2.45, 2.75) is 70.0 Å². The van der Waals surface area contributed by atoms with E-state index in [1.807, 2.05) is 0 Å². The summed E-state index contributed by atoms with van der Waals surface area (Å²) in [6.45, 7) is 5.21. The van der Waals surface area contributed by atoms with Crippen LogP contribution in [0.1, 0.15) is 68.4 Å². The van der Waals surface area contributed by atoms with E-state index in [0.29, 0.717) is 29.9 Å². The van der Waals surface area contributed by atoms with E-state index >= 15 is 0 Å². The summed E-state index contributed by atoms with van der Waals surface area (Å²) < 4.78 is 57.3. The number of aliphatic hydroxyl groups is 1. The van der Waals surface area contributed by atoms with Gasteiger partial charge in [0, 0.05) is 47.7 Å². The molecule has 0 bridgehead atoms. The lowest BCUT2D eigenvalue weighted by Crippen LogP contribution is -2.52. The predicted octanol–water partition coefficient (Wildman–Crippen LogP) is 6.61. The third-order valence-electron chi connectivity index (χ3n) is 7.28. The first-order valence-electron chi connectivity index (χ1n) is 15.4. The summed E-state index contributed by atoms with van der Waals surface area (Å²) in [6, 6.07) is 17.7. The Morgan fingerprint density at radius 1 is 1.08 bits per heavy atom. The Bertz CT molecular complexity index is 1700. The number of nitrogens with zero attached hydrogens (tertiary/aromatic N) is 4. The second-order valence-corrected chi connectivity index (χ2v) is 12.1. The van der Waals surface area contributed by atoms with Crippen LogP contribution in [-0.4, -0.2) is 47.2 Å². The summed E-state index contributed by atoms with van der Waals surface area (Å²) in [5, 5.41) is 12.8. The van der Waals surface area contributed by atoms with Crippen molar-refractivity contribution in [3.63, 3.8) is 0 Å². The highest BCUT2D eigenvalue weighted by atomic mass is 19.4. The van der Waals surface area contributed by atoms with Crippen LogP contribution in [0.2, 0.25) is 0 Å². The van der Waals surface area contributed by atoms with Gasteiger partial charge in [-0.1, -0.05) is 47.6 Å². The SMILES string of the molecule is CC(C)(C)OC(=O)CC[C@]1(C(=O)NNCc2cccc(C(F)(F)F)c2)N=C(c2ccc(OCCCO)cc2)O[C@H]1c1ccccc1N=[N+]=[N-]. The van der Waals surface area contributed by atoms with E-state index < -0.39 is 40.9 Å². The fraction of sp³-hybridized carbons (Fsp3) is 0.382. The molecule has 260 valence electrons. The molecule has 2 atom stereocenters. The van der Waals surface area contributed by atoms with Crippen molar-refractivity contribution >= 4 is 23.5 Å². The number of esters is 1. The average Bonchev–Trinajstić information content (AvgIpc) is 3.44. The topological polar surface area (TPSA) is 167 Å². The number of amides is 1. The molecule has 49 heavy (non-hydrogen) atoms. The number of hydrazine groups is 1. The third kappa shape index (κ3) is 9.72. The van der Waals surface area contributed by atoms with Gasteiger partial charge in [-0.2, -0.15) is 13.2 Å². The summed E-state index contributed by atoms with van der Waals surface area (Å²) >= 11 is 0. The van der Waals surface area contributed by atoms with E-state index in [2.05, 4.69) is 20.9 Å². The number of hydrogen-bond acceptors (Lipinski definition) is 9. The van der Waals surface area contributed by atoms with Crippen LogP contribution < -0.4 is 15.6 Å². The van der Waals surface area contributed by atoms with E-state index in [4.69, 9.17) is 24.3 Å². The largest absolute Gasteiger partial charge is 0.494 e. The minimum Gasteiger partial charge on any atom is -0.494 e. The first-order chi connectivity index (χ1) is 23.3. The van der Waals surface area contributed by atoms with Crippen molar-refractivity contribution < 1.29 is 42.1 Å². The first-order valence-corrected chi connectivity index (χ1v) is 15.4. The van der Waals surface area contributed by atoms with Crippen LogP contribution in [0.25, 0.3) is 10.4 Å². The maximum atomic E-state index is 14.3. The van der Waals surface area contributed by atoms with Gasteiger partial charge in [0.25, 0.3) is 5.91 Å². The third-order valence-corrected chi connectivity index (χ3v) is 7.28. The summed E-state index contributed by atoms with van der Waals surface area (Å²) in [4.78, 5) is 34.9. The molecule has 0 fully saturated rings. The highest BCUT2D eigenvalue weighted by Gasteiger charge is 2.54. The van der Waals surface area contributed by atoms with Crippen molar-refractivity contribution in [3.8, 4) is 5.75 Å². The van der Waals surface area contributed by atoms with Crippen LogP contribution in [0, 0.1) is 0 Å². The van der Waals surface area contributed by atoms with Gasteiger partial charge < -0.3 is 19.3 Å². The Labute approximate surface area is 280 Å². The molecule has 0 spiro atoms. The number of azide groups is 1. The number of aliphatic hydroxyl groups excluding tert-OH is 1. The highest BCUT2D eigenvalue weighted by Crippen LogP contribution is 2.46. The molecule has 3 aromatic carbocycles. The Balaban J connectivity index is 1.73. The van der Waals surface area contributed by atoms with Crippen molar-refractivity contribution in [1.82, 2.24) is 10.9 Å². The molecule has 1 heterocycles. The van der Waals surface area contributed by atoms with E-state index in [0.717, 1.165) is 12.1 Å². The van der Waals surface area contributed by atoms with Gasteiger partial charge in [-0.05, 0) is 68.6 Å². The van der Waals surface area contributed by atoms with Gasteiger partial charge in [-0.25, -0.2) is 10.4 Å². The van der Waals surface area contributed by atoms with Crippen LogP contribution >= 0.6 is 0 Å². The normalized spacial score (nSPS) is 17.4. The molecule has 1 amide bonds. The van der Waals surface area contributed by atoms with Crippen LogP contribution in [0.5, 0.6) is 5.75 Å². The van der Waals surface area contributed by atoms with Gasteiger partial charge in [0.2, 0.25) is 5.90 Å². The minimum atomic E-state index is -4.55. The lowest BCUT2D eigenvalue weighted by atomic mass is 9.83. The number of ether oxygens (including phenoxy) is 3. The zero-order valence-corrected chi connectivity index (χ0v) is 27.2. The first kappa shape index (κ1) is 36.7. The molecule has 15 heteroatoms. The predicted molar refractivity (Wildman–Crippen MR) is 173 cm³/mol. The maximum absolute atomic E-state index is 14.3. The van der Waals surface area contributed by atoms with E-state index in [-0.39, 0.29) is 43.1 Å². The minimum absolute atomic E-state index is 0.0241. The molecule has 4 rings (SSSR count). The Morgan fingerprint density at radius 3 is 2.49 bits per heavy atom. The number of benzene rings is 3. The van der Waals surface area contributed by atoms with Crippen LogP contribution in [0.15, 0.2) is 82.9 Å². The smallest absolute Gasteiger partial charge is 0.416 e. The summed E-state index contributed by atoms with van der Waals surface area (Å²) in [5.41, 5.74) is 12.2. The Morgan fingerprint density at radius 2 is 1.82 bits per heavy atom. The van der Waals surface area contributed by atoms with Gasteiger partial charge >= 0.3 is 12.1 Å². The van der Waals surface area contributed by atoms with E-state index in [1.54, 1.807) is 63.2 Å². The van der Waals surface area contributed by atoms with E-state index in [9.17, 15) is 28.3 Å². The zero-order chi connectivity index (χ0) is 35.7. The number of halogens is 3. The number of rotatable bonds is 14. The van der Waals surface area contributed by atoms with Crippen molar-refractivity contribution in [2.24, 2.45) is 10.1 Å². The summed E-state index contributed by atoms with van der Waals surface area (Å²) in [7, 11) is 0. The number of aliphatic imine (C=N–C) groups is 1. The van der Waals surface area contributed by atoms with Crippen LogP contribution in [0.3, 0.4) is 0 Å². The second kappa shape index (κ2) is 15.9. The number of hydrogen-bond donors (Lipinski definition) is 3. The molecule has 1 aliphatic heterocycles. The molecule has 0 aliphatic carbocycles. The standard InChI is InChI=1S/C34H37F3N6O6/c1-32(2,3)49-28(45)16-17-33(31(46)42-39-21-22-8-6-9-24(20-22)34(35,36)37)29(26-10-4-5-11-27(26)41-43-38)48-30(40-33)23-12-14-25(15-13-23)47-19-7-18-44/h4-6,8-15,20,29,39,44H,7,16-19,21H2,1-3H3,(H,42,46)/t29-,33-/m0/s1. The van der Waals surface area contributed by atoms with E-state index in [1.165, 1.54) is 18.2 Å². The van der Waals surface area contributed by atoms with Crippen LogP contribution in [0.4, 0.5) is 18.9 Å². The molecule has 0 aromatic heterocycles. The second-order valence-electron chi connectivity index (χ2n) is 12.1. The maximum Gasteiger partial charge on any atom is 0.416 e. The van der Waals surface area contributed by atoms with Gasteiger partial charge in [0.15, 0.2) is 11.6 Å². The zero-order valence-electron chi connectivity index (χ0n) is 27.2. The molecule has 3 N–H and O–H groups in total. The molecule has 1 aliphatic rings. The molecule has 3 aromatic rings. The van der Waals surface area contributed by atoms with Crippen molar-refractivity contribution in [2.75, 3.05) is 13.2 Å². The van der Waals surface area contributed by atoms with Crippen molar-refractivity contribution in [1.29, 1.82) is 0 Å². The van der Waals surface area contributed by atoms with Gasteiger partial charge in [0.1, 0.15) is 11.4 Å². The lowest BCUT2D eigenvalue weighted by molar-refractivity contribution is -0.155. The number of alkyl halides is 3. The molecule has 0 unspecified atom stereocenters. The molecular weight excluding hydrogens is 645 g/mol. The highest BCUT2D eigenvalue weighted by molar-refractivity contribution is 6.01. The van der Waals surface area contributed by atoms with Gasteiger partial charge in [-0.15, -0.1) is 0 Å². The molecule has 0 saturated heterocycles. The number of nitrogens with one attached hydrogen (secondary N) is 2. The molecular formula is C34H37F3N6O6. The van der Waals surface area contributed by atoms with Gasteiger partial charge in [-0.3, -0.25) is 15.0 Å². The average molecular weight is 683 g/mol. The van der Waals surface area contributed by atoms with Crippen molar-refractivity contribution in [3.05, 3.63) is 105 Å². The fourth-order valence-corrected chi connectivity index (χ4v) is 5.07. The summed E-state index contributed by atoms with van der Waals surface area (Å²) in [5.74, 6) is -0.803. The quantitative estimate of drug-likeness (QED) is 0.0430. The number of carbonyl (C=O) groups is 2. The van der Waals surface area contributed by atoms with Crippen LogP contribution in [-0.2, 0) is 31.8 Å². The molecule has 0 radical (unpaired) electrons. The van der Waals surface area contributed by atoms with Gasteiger partial charge in [0.05, 0.1) is 12.2 Å². The summed E-state index contributed by atoms with van der Waals surface area (Å²) in [6.07, 6.45) is -5.81. The fourth-order valence-electron chi connectivity index (χ4n) is 5.07. The number of carbonyl (C=O) groups excluding carboxylic acids is 2. The molecule has 0 saturated carbocycles. The monoisotopic (exact) mass is 682 g/mol. The Kier molecular flexibility index (Phi) is 11.9.